The lowest BCUT2D eigenvalue weighted by atomic mass is 10.1. The van der Waals surface area contributed by atoms with E-state index in [0.717, 1.165) is 17.2 Å². The first kappa shape index (κ1) is 23.6. The fourth-order valence-electron chi connectivity index (χ4n) is 2.49. The highest BCUT2D eigenvalue weighted by Crippen LogP contribution is 2.16. The van der Waals surface area contributed by atoms with Gasteiger partial charge in [0.25, 0.3) is 0 Å². The number of nitrogens with one attached hydrogen (secondary N) is 2. The summed E-state index contributed by atoms with van der Waals surface area (Å²) in [6.07, 6.45) is -4.34. The fourth-order valence-corrected chi connectivity index (χ4v) is 2.49. The fraction of sp³-hybridized carbons (Fsp3) is 0.526. The summed E-state index contributed by atoms with van der Waals surface area (Å²) < 4.78 is 48.3. The number of alkyl halides is 3. The van der Waals surface area contributed by atoms with Gasteiger partial charge in [0.1, 0.15) is 12.4 Å². The normalized spacial score (nSPS) is 12.3. The van der Waals surface area contributed by atoms with Crippen LogP contribution in [0, 0.1) is 6.92 Å². The first-order valence-electron chi connectivity index (χ1n) is 9.37. The highest BCUT2D eigenvalue weighted by Gasteiger charge is 2.27. The summed E-state index contributed by atoms with van der Waals surface area (Å²) in [6, 6.07) is 7.12. The smallest absolute Gasteiger partial charge is 0.383 e. The zero-order valence-electron chi connectivity index (χ0n) is 17.3. The van der Waals surface area contributed by atoms with E-state index in [1.54, 1.807) is 25.3 Å². The number of rotatable bonds is 10. The van der Waals surface area contributed by atoms with Crippen LogP contribution in [0.5, 0.6) is 0 Å². The van der Waals surface area contributed by atoms with Gasteiger partial charge in [-0.1, -0.05) is 24.3 Å². The lowest BCUT2D eigenvalue weighted by Crippen LogP contribution is -2.39. The van der Waals surface area contributed by atoms with E-state index in [-0.39, 0.29) is 6.61 Å². The molecule has 2 N–H and O–H groups in total. The molecule has 0 radical (unpaired) electrons. The van der Waals surface area contributed by atoms with Gasteiger partial charge in [-0.15, -0.1) is 10.2 Å². The summed E-state index contributed by atoms with van der Waals surface area (Å²) in [5.74, 6) is 2.13. The van der Waals surface area contributed by atoms with Gasteiger partial charge in [0.05, 0.1) is 26.3 Å². The molecule has 2 rings (SSSR count). The molecule has 0 saturated carbocycles. The van der Waals surface area contributed by atoms with Crippen molar-refractivity contribution in [1.82, 2.24) is 25.4 Å². The molecule has 0 aliphatic rings. The zero-order chi connectivity index (χ0) is 22.0. The minimum Gasteiger partial charge on any atom is -0.383 e. The Hall–Kier alpha value is -2.66. The van der Waals surface area contributed by atoms with Crippen LogP contribution in [0.25, 0.3) is 0 Å². The second-order valence-corrected chi connectivity index (χ2v) is 6.59. The molecule has 0 unspecified atom stereocenters. The largest absolute Gasteiger partial charge is 0.411 e. The number of hydrogen-bond acceptors (Lipinski definition) is 5. The van der Waals surface area contributed by atoms with Gasteiger partial charge >= 0.3 is 6.18 Å². The summed E-state index contributed by atoms with van der Waals surface area (Å²) in [7, 11) is 3.49. The molecule has 11 heteroatoms. The van der Waals surface area contributed by atoms with Crippen LogP contribution in [0.2, 0.25) is 0 Å². The van der Waals surface area contributed by atoms with Crippen molar-refractivity contribution in [3.63, 3.8) is 0 Å². The summed E-state index contributed by atoms with van der Waals surface area (Å²) in [5.41, 5.74) is 1.51. The molecule has 8 nitrogen and oxygen atoms in total. The van der Waals surface area contributed by atoms with Gasteiger partial charge in [-0.2, -0.15) is 13.2 Å². The molecule has 1 aromatic carbocycles. The van der Waals surface area contributed by atoms with E-state index in [1.807, 2.05) is 24.6 Å². The number of hydrogen-bond donors (Lipinski definition) is 2. The maximum atomic E-state index is 12.2. The Labute approximate surface area is 173 Å². The van der Waals surface area contributed by atoms with Crippen LogP contribution in [0.4, 0.5) is 13.2 Å². The van der Waals surface area contributed by atoms with Gasteiger partial charge in [0.15, 0.2) is 11.8 Å². The Balaban J connectivity index is 1.97. The molecular weight excluding hydrogens is 401 g/mol. The first-order chi connectivity index (χ1) is 14.3. The molecule has 0 fully saturated rings. The van der Waals surface area contributed by atoms with Gasteiger partial charge in [-0.25, -0.2) is 4.99 Å². The first-order valence-corrected chi connectivity index (χ1v) is 9.37. The molecule has 30 heavy (non-hydrogen) atoms. The van der Waals surface area contributed by atoms with Crippen molar-refractivity contribution >= 4 is 5.96 Å². The Kier molecular flexibility index (Phi) is 9.06. The van der Waals surface area contributed by atoms with E-state index in [0.29, 0.717) is 37.8 Å². The van der Waals surface area contributed by atoms with E-state index < -0.39 is 12.8 Å². The van der Waals surface area contributed by atoms with Crippen LogP contribution in [-0.4, -0.2) is 53.8 Å². The van der Waals surface area contributed by atoms with Crippen molar-refractivity contribution in [3.8, 4) is 0 Å². The zero-order valence-corrected chi connectivity index (χ0v) is 17.3. The van der Waals surface area contributed by atoms with Crippen molar-refractivity contribution in [2.45, 2.75) is 32.8 Å². The number of benzene rings is 1. The Morgan fingerprint density at radius 2 is 1.97 bits per heavy atom. The van der Waals surface area contributed by atoms with E-state index in [9.17, 15) is 13.2 Å². The Bertz CT molecular complexity index is 823. The summed E-state index contributed by atoms with van der Waals surface area (Å²) >= 11 is 0. The molecule has 0 atom stereocenters. The van der Waals surface area contributed by atoms with Crippen LogP contribution in [0.1, 0.15) is 22.8 Å². The number of ether oxygens (including phenoxy) is 2. The molecular formula is C19H27F3N6O2. The number of aromatic nitrogens is 3. The van der Waals surface area contributed by atoms with Gasteiger partial charge in [-0.3, -0.25) is 0 Å². The summed E-state index contributed by atoms with van der Waals surface area (Å²) in [6.45, 7) is 2.33. The van der Waals surface area contributed by atoms with Crippen molar-refractivity contribution in [2.24, 2.45) is 12.0 Å². The van der Waals surface area contributed by atoms with Crippen LogP contribution in [0.3, 0.4) is 0 Å². The number of aryl methyl sites for hydroxylation is 1. The van der Waals surface area contributed by atoms with E-state index in [4.69, 9.17) is 9.47 Å². The molecule has 0 aliphatic carbocycles. The van der Waals surface area contributed by atoms with Gasteiger partial charge in [-0.05, 0) is 18.1 Å². The standard InChI is InChI=1S/C19H27F3N6O2/c1-14-26-27-17(28(14)2)11-25-18(23-7-8-29-3)24-10-15-5-4-6-16(9-15)12-30-13-19(20,21)22/h4-6,9H,7-8,10-13H2,1-3H3,(H2,23,24,25). The summed E-state index contributed by atoms with van der Waals surface area (Å²) in [5, 5.41) is 14.5. The third kappa shape index (κ3) is 8.37. The Morgan fingerprint density at radius 3 is 2.63 bits per heavy atom. The maximum Gasteiger partial charge on any atom is 0.411 e. The highest BCUT2D eigenvalue weighted by molar-refractivity contribution is 5.79. The topological polar surface area (TPSA) is 85.6 Å². The lowest BCUT2D eigenvalue weighted by Gasteiger charge is -2.12. The van der Waals surface area contributed by atoms with Crippen molar-refractivity contribution in [3.05, 3.63) is 47.0 Å². The number of nitrogens with zero attached hydrogens (tertiary/aromatic N) is 4. The van der Waals surface area contributed by atoms with Crippen LogP contribution < -0.4 is 10.6 Å². The highest BCUT2D eigenvalue weighted by atomic mass is 19.4. The van der Waals surface area contributed by atoms with Crippen molar-refractivity contribution in [2.75, 3.05) is 26.9 Å². The third-order valence-corrected chi connectivity index (χ3v) is 4.14. The summed E-state index contributed by atoms with van der Waals surface area (Å²) in [4.78, 5) is 4.54. The Morgan fingerprint density at radius 1 is 1.20 bits per heavy atom. The molecule has 0 spiro atoms. The second-order valence-electron chi connectivity index (χ2n) is 6.59. The van der Waals surface area contributed by atoms with E-state index in [2.05, 4.69) is 25.8 Å². The number of aliphatic imine (C=N–C) groups is 1. The average molecular weight is 428 g/mol. The van der Waals surface area contributed by atoms with Crippen LogP contribution >= 0.6 is 0 Å². The van der Waals surface area contributed by atoms with Gasteiger partial charge in [0.2, 0.25) is 0 Å². The van der Waals surface area contributed by atoms with Gasteiger partial charge < -0.3 is 24.7 Å². The predicted octanol–water partition coefficient (Wildman–Crippen LogP) is 2.08. The maximum absolute atomic E-state index is 12.2. The third-order valence-electron chi connectivity index (χ3n) is 4.14. The number of methoxy groups -OCH3 is 1. The molecule has 1 heterocycles. The van der Waals surface area contributed by atoms with Crippen LogP contribution in [-0.2, 0) is 36.2 Å². The van der Waals surface area contributed by atoms with E-state index >= 15 is 0 Å². The van der Waals surface area contributed by atoms with Crippen molar-refractivity contribution in [1.29, 1.82) is 0 Å². The molecule has 1 aromatic heterocycles. The monoisotopic (exact) mass is 428 g/mol. The SMILES string of the molecule is COCCNC(=NCc1cccc(COCC(F)(F)F)c1)NCc1nnc(C)n1C. The molecule has 0 amide bonds. The number of guanidine groups is 1. The second kappa shape index (κ2) is 11.5. The van der Waals surface area contributed by atoms with Crippen molar-refractivity contribution < 1.29 is 22.6 Å². The molecule has 0 aliphatic heterocycles. The molecule has 166 valence electrons. The quantitative estimate of drug-likeness (QED) is 0.342. The molecule has 0 bridgehead atoms. The van der Waals surface area contributed by atoms with Gasteiger partial charge in [0, 0.05) is 20.7 Å². The van der Waals surface area contributed by atoms with Crippen LogP contribution in [0.15, 0.2) is 29.3 Å². The predicted molar refractivity (Wildman–Crippen MR) is 106 cm³/mol. The number of halogens is 3. The minimum absolute atomic E-state index is 0.111. The molecule has 0 saturated heterocycles. The average Bonchev–Trinajstić information content (AvgIpc) is 3.01. The van der Waals surface area contributed by atoms with E-state index in [1.165, 1.54) is 0 Å². The molecule has 2 aromatic rings. The minimum atomic E-state index is -4.34. The lowest BCUT2D eigenvalue weighted by molar-refractivity contribution is -0.176.